The minimum absolute atomic E-state index is 0.707. The van der Waals surface area contributed by atoms with Crippen molar-refractivity contribution >= 4 is 11.6 Å². The number of rotatable bonds is 5. The summed E-state index contributed by atoms with van der Waals surface area (Å²) in [7, 11) is 0. The second-order valence-corrected chi connectivity index (χ2v) is 4.43. The molecule has 0 saturated heterocycles. The summed E-state index contributed by atoms with van der Waals surface area (Å²) < 4.78 is 0. The molecule has 0 unspecified atom stereocenters. The zero-order valence-electron chi connectivity index (χ0n) is 9.89. The molecule has 0 aliphatic heterocycles. The van der Waals surface area contributed by atoms with Gasteiger partial charge in [0.1, 0.15) is 0 Å². The number of halogens is 1. The summed E-state index contributed by atoms with van der Waals surface area (Å²) in [6.07, 6.45) is 0. The molecule has 0 saturated carbocycles. The van der Waals surface area contributed by atoms with Crippen molar-refractivity contribution < 1.29 is 0 Å². The summed E-state index contributed by atoms with van der Waals surface area (Å²) in [6.45, 7) is 9.49. The van der Waals surface area contributed by atoms with Crippen molar-refractivity contribution in [3.63, 3.8) is 0 Å². The highest BCUT2D eigenvalue weighted by Crippen LogP contribution is 2.11. The van der Waals surface area contributed by atoms with Crippen LogP contribution in [0, 0.1) is 13.8 Å². The summed E-state index contributed by atoms with van der Waals surface area (Å²) in [5, 5.41) is 0. The Labute approximate surface area is 98.0 Å². The lowest BCUT2D eigenvalue weighted by Gasteiger charge is -2.19. The Kier molecular flexibility index (Phi) is 5.13. The molecule has 0 atom stereocenters. The Morgan fingerprint density at radius 1 is 1.13 bits per heavy atom. The topological polar surface area (TPSA) is 3.24 Å². The third-order valence-electron chi connectivity index (χ3n) is 2.54. The van der Waals surface area contributed by atoms with Crippen molar-refractivity contribution in [2.45, 2.75) is 27.3 Å². The molecule has 0 heterocycles. The van der Waals surface area contributed by atoms with Gasteiger partial charge in [0.2, 0.25) is 0 Å². The molecule has 0 radical (unpaired) electrons. The molecule has 0 aliphatic carbocycles. The van der Waals surface area contributed by atoms with Gasteiger partial charge >= 0.3 is 0 Å². The van der Waals surface area contributed by atoms with E-state index >= 15 is 0 Å². The average Bonchev–Trinajstić information content (AvgIpc) is 2.15. The van der Waals surface area contributed by atoms with Crippen molar-refractivity contribution in [3.8, 4) is 0 Å². The first-order chi connectivity index (χ1) is 7.15. The Balaban J connectivity index is 2.69. The molecule has 2 heteroatoms. The fourth-order valence-corrected chi connectivity index (χ4v) is 2.13. The quantitative estimate of drug-likeness (QED) is 0.695. The summed E-state index contributed by atoms with van der Waals surface area (Å²) in [4.78, 5) is 2.36. The van der Waals surface area contributed by atoms with Gasteiger partial charge in [-0.05, 0) is 26.0 Å². The molecule has 84 valence electrons. The highest BCUT2D eigenvalue weighted by molar-refractivity contribution is 6.18. The predicted octanol–water partition coefficient (Wildman–Crippen LogP) is 3.36. The molecule has 15 heavy (non-hydrogen) atoms. The van der Waals surface area contributed by atoms with Gasteiger partial charge in [-0.3, -0.25) is 4.90 Å². The Hall–Kier alpha value is -0.530. The molecule has 0 N–H and O–H groups in total. The van der Waals surface area contributed by atoms with Crippen LogP contribution >= 0.6 is 11.6 Å². The number of hydrogen-bond donors (Lipinski definition) is 0. The molecule has 0 bridgehead atoms. The molecule has 1 aromatic carbocycles. The molecule has 0 fully saturated rings. The summed E-state index contributed by atoms with van der Waals surface area (Å²) in [5.74, 6) is 0.707. The maximum atomic E-state index is 5.76. The molecule has 0 spiro atoms. The molecule has 0 aliphatic rings. The molecule has 1 aromatic rings. The molecule has 1 rings (SSSR count). The van der Waals surface area contributed by atoms with Gasteiger partial charge < -0.3 is 0 Å². The van der Waals surface area contributed by atoms with E-state index in [0.717, 1.165) is 19.6 Å². The third-order valence-corrected chi connectivity index (χ3v) is 2.70. The molecular formula is C13H20ClN. The lowest BCUT2D eigenvalue weighted by Crippen LogP contribution is -2.24. The summed E-state index contributed by atoms with van der Waals surface area (Å²) in [5.41, 5.74) is 4.07. The molecule has 0 amide bonds. The molecular weight excluding hydrogens is 206 g/mol. The van der Waals surface area contributed by atoms with Gasteiger partial charge in [-0.2, -0.15) is 0 Å². The van der Waals surface area contributed by atoms with Crippen LogP contribution in [0.3, 0.4) is 0 Å². The van der Waals surface area contributed by atoms with E-state index in [9.17, 15) is 0 Å². The lowest BCUT2D eigenvalue weighted by atomic mass is 10.1. The zero-order chi connectivity index (χ0) is 11.3. The van der Waals surface area contributed by atoms with Crippen molar-refractivity contribution in [1.29, 1.82) is 0 Å². The second-order valence-electron chi connectivity index (χ2n) is 4.05. The van der Waals surface area contributed by atoms with Gasteiger partial charge in [0.15, 0.2) is 0 Å². The van der Waals surface area contributed by atoms with E-state index in [-0.39, 0.29) is 0 Å². The van der Waals surface area contributed by atoms with Crippen molar-refractivity contribution in [1.82, 2.24) is 4.90 Å². The largest absolute Gasteiger partial charge is 0.298 e. The average molecular weight is 226 g/mol. The lowest BCUT2D eigenvalue weighted by molar-refractivity contribution is 0.297. The minimum atomic E-state index is 0.707. The zero-order valence-corrected chi connectivity index (χ0v) is 10.6. The van der Waals surface area contributed by atoms with Crippen LogP contribution in [0.5, 0.6) is 0 Å². The van der Waals surface area contributed by atoms with Crippen molar-refractivity contribution in [3.05, 3.63) is 34.9 Å². The van der Waals surface area contributed by atoms with Crippen LogP contribution in [-0.4, -0.2) is 23.9 Å². The smallest absolute Gasteiger partial charge is 0.0351 e. The highest BCUT2D eigenvalue weighted by Gasteiger charge is 2.03. The number of benzene rings is 1. The van der Waals surface area contributed by atoms with Gasteiger partial charge in [0.05, 0.1) is 0 Å². The van der Waals surface area contributed by atoms with E-state index in [4.69, 9.17) is 11.6 Å². The monoisotopic (exact) mass is 225 g/mol. The van der Waals surface area contributed by atoms with E-state index < -0.39 is 0 Å². The Morgan fingerprint density at radius 2 is 1.73 bits per heavy atom. The van der Waals surface area contributed by atoms with Crippen LogP contribution in [0.4, 0.5) is 0 Å². The maximum absolute atomic E-state index is 5.76. The maximum Gasteiger partial charge on any atom is 0.0351 e. The van der Waals surface area contributed by atoms with Crippen LogP contribution in [0.2, 0.25) is 0 Å². The van der Waals surface area contributed by atoms with Crippen molar-refractivity contribution in [2.75, 3.05) is 19.0 Å². The van der Waals surface area contributed by atoms with Crippen LogP contribution in [-0.2, 0) is 6.54 Å². The van der Waals surface area contributed by atoms with Gasteiger partial charge in [-0.25, -0.2) is 0 Å². The fourth-order valence-electron chi connectivity index (χ4n) is 1.89. The number of alkyl halides is 1. The van der Waals surface area contributed by atoms with Gasteiger partial charge in [-0.1, -0.05) is 36.2 Å². The van der Waals surface area contributed by atoms with Gasteiger partial charge in [-0.15, -0.1) is 11.6 Å². The van der Waals surface area contributed by atoms with Crippen LogP contribution in [0.25, 0.3) is 0 Å². The van der Waals surface area contributed by atoms with Crippen LogP contribution in [0.1, 0.15) is 23.6 Å². The van der Waals surface area contributed by atoms with E-state index in [1.54, 1.807) is 0 Å². The SMILES string of the molecule is CCN(CCCl)Cc1cc(C)cc(C)c1. The van der Waals surface area contributed by atoms with E-state index in [0.29, 0.717) is 5.88 Å². The Morgan fingerprint density at radius 3 is 2.20 bits per heavy atom. The van der Waals surface area contributed by atoms with Crippen molar-refractivity contribution in [2.24, 2.45) is 0 Å². The standard InChI is InChI=1S/C13H20ClN/c1-4-15(6-5-14)10-13-8-11(2)7-12(3)9-13/h7-9H,4-6,10H2,1-3H3. The number of hydrogen-bond acceptors (Lipinski definition) is 1. The normalized spacial score (nSPS) is 11.0. The van der Waals surface area contributed by atoms with E-state index in [2.05, 4.69) is 43.9 Å². The second kappa shape index (κ2) is 6.14. The first-order valence-electron chi connectivity index (χ1n) is 5.51. The highest BCUT2D eigenvalue weighted by atomic mass is 35.5. The number of nitrogens with zero attached hydrogens (tertiary/aromatic N) is 1. The number of aryl methyl sites for hydroxylation is 2. The summed E-state index contributed by atoms with van der Waals surface area (Å²) in [6, 6.07) is 6.72. The van der Waals surface area contributed by atoms with E-state index in [1.807, 2.05) is 0 Å². The van der Waals surface area contributed by atoms with Gasteiger partial charge in [0.25, 0.3) is 0 Å². The van der Waals surface area contributed by atoms with E-state index in [1.165, 1.54) is 16.7 Å². The molecule has 1 nitrogen and oxygen atoms in total. The van der Waals surface area contributed by atoms with Crippen LogP contribution < -0.4 is 0 Å². The third kappa shape index (κ3) is 4.23. The fraction of sp³-hybridized carbons (Fsp3) is 0.538. The molecule has 0 aromatic heterocycles. The van der Waals surface area contributed by atoms with Crippen LogP contribution in [0.15, 0.2) is 18.2 Å². The minimum Gasteiger partial charge on any atom is -0.298 e. The van der Waals surface area contributed by atoms with Gasteiger partial charge in [0, 0.05) is 19.0 Å². The predicted molar refractivity (Wildman–Crippen MR) is 67.6 cm³/mol. The summed E-state index contributed by atoms with van der Waals surface area (Å²) >= 11 is 5.76. The Bertz CT molecular complexity index is 289. The first-order valence-corrected chi connectivity index (χ1v) is 6.04. The first kappa shape index (κ1) is 12.5.